The zero-order chi connectivity index (χ0) is 19.1. The van der Waals surface area contributed by atoms with Gasteiger partial charge in [-0.2, -0.15) is 0 Å². The van der Waals surface area contributed by atoms with E-state index in [2.05, 4.69) is 4.90 Å². The van der Waals surface area contributed by atoms with Crippen molar-refractivity contribution in [3.05, 3.63) is 46.8 Å². The molecule has 0 radical (unpaired) electrons. The van der Waals surface area contributed by atoms with Gasteiger partial charge in [0.25, 0.3) is 0 Å². The van der Waals surface area contributed by atoms with Gasteiger partial charge < -0.3 is 20.3 Å². The number of allylic oxidation sites excluding steroid dienone is 1. The number of amides is 1. The van der Waals surface area contributed by atoms with Gasteiger partial charge in [0.1, 0.15) is 17.7 Å². The molecule has 0 aliphatic carbocycles. The summed E-state index contributed by atoms with van der Waals surface area (Å²) in [4.78, 5) is 16.1. The van der Waals surface area contributed by atoms with Gasteiger partial charge in [-0.15, -0.1) is 0 Å². The van der Waals surface area contributed by atoms with Crippen LogP contribution in [0, 0.1) is 11.6 Å². The van der Waals surface area contributed by atoms with Gasteiger partial charge in [0.15, 0.2) is 0 Å². The van der Waals surface area contributed by atoms with E-state index in [1.54, 1.807) is 6.92 Å². The summed E-state index contributed by atoms with van der Waals surface area (Å²) in [6.45, 7) is 3.64. The van der Waals surface area contributed by atoms with Crippen LogP contribution in [0.3, 0.4) is 0 Å². The molecule has 0 bridgehead atoms. The topological polar surface area (TPSA) is 58.8 Å². The molecule has 0 saturated carbocycles. The van der Waals surface area contributed by atoms with Crippen LogP contribution in [-0.4, -0.2) is 47.5 Å². The van der Waals surface area contributed by atoms with Crippen molar-refractivity contribution in [2.75, 3.05) is 19.7 Å². The summed E-state index contributed by atoms with van der Waals surface area (Å²) < 4.78 is 33.6. The highest BCUT2D eigenvalue weighted by molar-refractivity contribution is 5.75. The molecule has 1 fully saturated rings. The lowest BCUT2D eigenvalue weighted by atomic mass is 9.93. The summed E-state index contributed by atoms with van der Waals surface area (Å²) in [6.07, 6.45) is 2.74. The Bertz CT molecular complexity index is 782. The third-order valence-corrected chi connectivity index (χ3v) is 5.88. The Balaban J connectivity index is 1.50. The van der Waals surface area contributed by atoms with Gasteiger partial charge in [0, 0.05) is 49.4 Å². The lowest BCUT2D eigenvalue weighted by Gasteiger charge is -2.41. The predicted octanol–water partition coefficient (Wildman–Crippen LogP) is 2.68. The maximum Gasteiger partial charge on any atom is 0.223 e. The van der Waals surface area contributed by atoms with E-state index in [1.165, 1.54) is 11.8 Å². The number of rotatable bonds is 2. The van der Waals surface area contributed by atoms with E-state index < -0.39 is 23.8 Å². The fraction of sp³-hybridized carbons (Fsp3) is 0.550. The van der Waals surface area contributed by atoms with Gasteiger partial charge in [-0.1, -0.05) is 0 Å². The molecule has 7 heteroatoms. The first-order chi connectivity index (χ1) is 13.0. The van der Waals surface area contributed by atoms with E-state index in [0.717, 1.165) is 50.2 Å². The monoisotopic (exact) mass is 377 g/mol. The van der Waals surface area contributed by atoms with E-state index in [1.807, 2.05) is 4.90 Å². The number of nitrogens with zero attached hydrogens (tertiary/aromatic N) is 2. The van der Waals surface area contributed by atoms with Gasteiger partial charge in [-0.25, -0.2) is 8.78 Å². The molecular weight excluding hydrogens is 352 g/mol. The minimum absolute atomic E-state index is 0.0855. The standard InChI is InChI=1S/C20H25F2N3O2/c1-12(26)24-7-2-3-18-19(24)6-8-25(18)14-10-17(23)20(27-11-14)15-9-13(21)4-5-16(15)22/h4-5,9,14,17,20H,2-3,6-8,10-11,23H2,1H3/t14-,17+,20-/m1/s1. The van der Waals surface area contributed by atoms with E-state index in [9.17, 15) is 13.6 Å². The number of benzene rings is 1. The Labute approximate surface area is 157 Å². The number of carbonyl (C=O) groups is 1. The first kappa shape index (κ1) is 18.4. The number of hydrogen-bond donors (Lipinski definition) is 1. The van der Waals surface area contributed by atoms with Crippen LogP contribution in [0.2, 0.25) is 0 Å². The average Bonchev–Trinajstić information content (AvgIpc) is 3.08. The molecule has 5 nitrogen and oxygen atoms in total. The van der Waals surface area contributed by atoms with Crippen molar-refractivity contribution in [2.45, 2.75) is 50.8 Å². The minimum atomic E-state index is -0.645. The summed E-state index contributed by atoms with van der Waals surface area (Å²) >= 11 is 0. The van der Waals surface area contributed by atoms with Crippen molar-refractivity contribution in [3.63, 3.8) is 0 Å². The summed E-state index contributed by atoms with van der Waals surface area (Å²) in [5.41, 5.74) is 8.83. The first-order valence-corrected chi connectivity index (χ1v) is 9.54. The number of halogens is 2. The molecule has 1 aromatic carbocycles. The quantitative estimate of drug-likeness (QED) is 0.861. The molecule has 146 valence electrons. The van der Waals surface area contributed by atoms with Gasteiger partial charge >= 0.3 is 0 Å². The predicted molar refractivity (Wildman–Crippen MR) is 96.4 cm³/mol. The lowest BCUT2D eigenvalue weighted by molar-refractivity contribution is -0.127. The normalized spacial score (nSPS) is 28.5. The third kappa shape index (κ3) is 3.34. The molecule has 0 aromatic heterocycles. The average molecular weight is 377 g/mol. The van der Waals surface area contributed by atoms with Crippen molar-refractivity contribution in [1.29, 1.82) is 0 Å². The van der Waals surface area contributed by atoms with Crippen LogP contribution < -0.4 is 5.73 Å². The zero-order valence-corrected chi connectivity index (χ0v) is 15.5. The fourth-order valence-corrected chi connectivity index (χ4v) is 4.65. The molecule has 4 rings (SSSR count). The Morgan fingerprint density at radius 3 is 2.78 bits per heavy atom. The second-order valence-electron chi connectivity index (χ2n) is 7.58. The van der Waals surface area contributed by atoms with Crippen LogP contribution in [0.25, 0.3) is 0 Å². The molecule has 3 aliphatic heterocycles. The zero-order valence-electron chi connectivity index (χ0n) is 15.5. The third-order valence-electron chi connectivity index (χ3n) is 5.88. The summed E-state index contributed by atoms with van der Waals surface area (Å²) in [5.74, 6) is -0.904. The Kier molecular flexibility index (Phi) is 4.90. The Morgan fingerprint density at radius 2 is 2.04 bits per heavy atom. The second kappa shape index (κ2) is 7.20. The van der Waals surface area contributed by atoms with E-state index >= 15 is 0 Å². The van der Waals surface area contributed by atoms with Crippen molar-refractivity contribution >= 4 is 5.91 Å². The van der Waals surface area contributed by atoms with E-state index in [4.69, 9.17) is 10.5 Å². The Hall–Kier alpha value is -1.99. The number of hydrogen-bond acceptors (Lipinski definition) is 4. The van der Waals surface area contributed by atoms with Gasteiger partial charge in [-0.05, 0) is 37.5 Å². The lowest BCUT2D eigenvalue weighted by Crippen LogP contribution is -2.48. The van der Waals surface area contributed by atoms with Crippen molar-refractivity contribution < 1.29 is 18.3 Å². The molecule has 1 amide bonds. The number of nitrogens with two attached hydrogens (primary N) is 1. The van der Waals surface area contributed by atoms with Crippen LogP contribution in [0.5, 0.6) is 0 Å². The molecule has 27 heavy (non-hydrogen) atoms. The van der Waals surface area contributed by atoms with Crippen molar-refractivity contribution in [3.8, 4) is 0 Å². The van der Waals surface area contributed by atoms with E-state index in [0.29, 0.717) is 13.0 Å². The minimum Gasteiger partial charge on any atom is -0.370 e. The SMILES string of the molecule is CC(=O)N1CCCC2=C1CCN2[C@H]1CO[C@H](c2cc(F)ccc2F)[C@@H](N)C1. The number of ether oxygens (including phenoxy) is 1. The van der Waals surface area contributed by atoms with Gasteiger partial charge in [0.2, 0.25) is 5.91 Å². The van der Waals surface area contributed by atoms with Crippen molar-refractivity contribution in [1.82, 2.24) is 9.80 Å². The molecular formula is C20H25F2N3O2. The van der Waals surface area contributed by atoms with Gasteiger partial charge in [-0.3, -0.25) is 4.79 Å². The van der Waals surface area contributed by atoms with Crippen LogP contribution in [0.1, 0.15) is 44.3 Å². The largest absolute Gasteiger partial charge is 0.370 e. The smallest absolute Gasteiger partial charge is 0.223 e. The van der Waals surface area contributed by atoms with E-state index in [-0.39, 0.29) is 17.5 Å². The summed E-state index contributed by atoms with van der Waals surface area (Å²) in [5, 5.41) is 0. The first-order valence-electron chi connectivity index (χ1n) is 9.54. The van der Waals surface area contributed by atoms with Gasteiger partial charge in [0.05, 0.1) is 12.6 Å². The number of carbonyl (C=O) groups excluding carboxylic acids is 1. The molecule has 2 N–H and O–H groups in total. The molecule has 3 heterocycles. The molecule has 1 aromatic rings. The van der Waals surface area contributed by atoms with Crippen LogP contribution >= 0.6 is 0 Å². The highest BCUT2D eigenvalue weighted by Gasteiger charge is 2.39. The molecule has 0 spiro atoms. The molecule has 0 unspecified atom stereocenters. The van der Waals surface area contributed by atoms with Crippen molar-refractivity contribution in [2.24, 2.45) is 5.73 Å². The van der Waals surface area contributed by atoms with Crippen LogP contribution in [0.4, 0.5) is 8.78 Å². The Morgan fingerprint density at radius 1 is 1.22 bits per heavy atom. The summed E-state index contributed by atoms with van der Waals surface area (Å²) in [6, 6.07) is 3.05. The highest BCUT2D eigenvalue weighted by atomic mass is 19.1. The molecule has 3 aliphatic rings. The molecule has 1 saturated heterocycles. The summed E-state index contributed by atoms with van der Waals surface area (Å²) in [7, 11) is 0. The molecule has 3 atom stereocenters. The second-order valence-corrected chi connectivity index (χ2v) is 7.58. The van der Waals surface area contributed by atoms with Crippen LogP contribution in [0.15, 0.2) is 29.6 Å². The maximum absolute atomic E-state index is 14.1. The van der Waals surface area contributed by atoms with Crippen LogP contribution in [-0.2, 0) is 9.53 Å². The maximum atomic E-state index is 14.1. The fourth-order valence-electron chi connectivity index (χ4n) is 4.65. The highest BCUT2D eigenvalue weighted by Crippen LogP contribution is 2.38.